The third kappa shape index (κ3) is 4.57. The number of aromatic nitrogens is 4. The highest BCUT2D eigenvalue weighted by molar-refractivity contribution is 7.99. The zero-order chi connectivity index (χ0) is 19.2. The molecule has 1 fully saturated rings. The minimum absolute atomic E-state index is 0.0250. The Morgan fingerprint density at radius 2 is 1.78 bits per heavy atom. The van der Waals surface area contributed by atoms with E-state index in [0.717, 1.165) is 11.4 Å². The number of pyridine rings is 1. The average Bonchev–Trinajstić information content (AvgIpc) is 3.07. The fourth-order valence-corrected chi connectivity index (χ4v) is 3.58. The van der Waals surface area contributed by atoms with E-state index < -0.39 is 0 Å². The summed E-state index contributed by atoms with van der Waals surface area (Å²) in [5, 5.41) is 9.07. The van der Waals surface area contributed by atoms with Gasteiger partial charge in [0.1, 0.15) is 0 Å². The molecule has 3 rings (SSSR count). The summed E-state index contributed by atoms with van der Waals surface area (Å²) < 4.78 is 6.86. The molecule has 0 aliphatic carbocycles. The van der Waals surface area contributed by atoms with Crippen LogP contribution in [-0.2, 0) is 16.6 Å². The van der Waals surface area contributed by atoms with E-state index in [2.05, 4.69) is 15.2 Å². The number of amides is 2. The predicted octanol–water partition coefficient (Wildman–Crippen LogP) is 1.27. The first kappa shape index (κ1) is 19.2. The van der Waals surface area contributed by atoms with Crippen LogP contribution in [0.5, 0.6) is 0 Å². The predicted molar refractivity (Wildman–Crippen MR) is 100 cm³/mol. The van der Waals surface area contributed by atoms with Crippen molar-refractivity contribution >= 4 is 23.8 Å². The summed E-state index contributed by atoms with van der Waals surface area (Å²) in [7, 11) is 1.88. The van der Waals surface area contributed by atoms with E-state index in [1.807, 2.05) is 23.7 Å². The molecule has 0 saturated carbocycles. The lowest BCUT2D eigenvalue weighted by Gasteiger charge is -2.34. The Bertz CT molecular complexity index is 789. The summed E-state index contributed by atoms with van der Waals surface area (Å²) in [6.07, 6.45) is 3.09. The van der Waals surface area contributed by atoms with Crippen LogP contribution in [0.3, 0.4) is 0 Å². The number of piperazine rings is 1. The summed E-state index contributed by atoms with van der Waals surface area (Å²) in [6, 6.07) is 3.74. The van der Waals surface area contributed by atoms with Gasteiger partial charge in [-0.25, -0.2) is 4.79 Å². The van der Waals surface area contributed by atoms with E-state index in [0.29, 0.717) is 37.9 Å². The van der Waals surface area contributed by atoms with Crippen LogP contribution in [0.25, 0.3) is 11.4 Å². The SMILES string of the molecule is CCOC(=O)N1CCN(C(=O)CSc2nnc(-c3ccncc3)n2C)CC1. The molecule has 1 aliphatic rings. The molecule has 2 aromatic rings. The topological polar surface area (TPSA) is 93.4 Å². The van der Waals surface area contributed by atoms with Gasteiger partial charge in [0.25, 0.3) is 0 Å². The van der Waals surface area contributed by atoms with Gasteiger partial charge in [0, 0.05) is 51.2 Å². The van der Waals surface area contributed by atoms with Crippen LogP contribution < -0.4 is 0 Å². The van der Waals surface area contributed by atoms with Gasteiger partial charge in [0.15, 0.2) is 11.0 Å². The van der Waals surface area contributed by atoms with Gasteiger partial charge < -0.3 is 19.1 Å². The number of carbonyl (C=O) groups excluding carboxylic acids is 2. The standard InChI is InChI=1S/C17H22N6O3S/c1-3-26-17(25)23-10-8-22(9-11-23)14(24)12-27-16-20-19-15(21(16)2)13-4-6-18-7-5-13/h4-7H,3,8-12H2,1-2H3. The lowest BCUT2D eigenvalue weighted by atomic mass is 10.2. The molecule has 0 radical (unpaired) electrons. The molecule has 27 heavy (non-hydrogen) atoms. The molecule has 0 bridgehead atoms. The van der Waals surface area contributed by atoms with E-state index >= 15 is 0 Å². The number of nitrogens with zero attached hydrogens (tertiary/aromatic N) is 6. The molecule has 2 amide bonds. The van der Waals surface area contributed by atoms with Crippen molar-refractivity contribution in [1.29, 1.82) is 0 Å². The van der Waals surface area contributed by atoms with Crippen molar-refractivity contribution in [3.63, 3.8) is 0 Å². The van der Waals surface area contributed by atoms with Gasteiger partial charge in [-0.2, -0.15) is 0 Å². The third-order valence-electron chi connectivity index (χ3n) is 4.26. The van der Waals surface area contributed by atoms with Crippen molar-refractivity contribution in [3.05, 3.63) is 24.5 Å². The molecule has 0 N–H and O–H groups in total. The second-order valence-corrected chi connectivity index (χ2v) is 6.90. The highest BCUT2D eigenvalue weighted by Crippen LogP contribution is 2.22. The van der Waals surface area contributed by atoms with E-state index in [4.69, 9.17) is 4.74 Å². The van der Waals surface area contributed by atoms with Crippen LogP contribution in [0, 0.1) is 0 Å². The molecule has 1 saturated heterocycles. The molecule has 3 heterocycles. The normalized spacial score (nSPS) is 14.3. The average molecular weight is 390 g/mol. The van der Waals surface area contributed by atoms with Crippen LogP contribution >= 0.6 is 11.8 Å². The Hall–Kier alpha value is -2.62. The van der Waals surface area contributed by atoms with Crippen molar-refractivity contribution in [3.8, 4) is 11.4 Å². The highest BCUT2D eigenvalue weighted by Gasteiger charge is 2.25. The minimum atomic E-state index is -0.318. The molecular formula is C17H22N6O3S. The minimum Gasteiger partial charge on any atom is -0.450 e. The van der Waals surface area contributed by atoms with Crippen LogP contribution in [0.15, 0.2) is 29.7 Å². The first-order chi connectivity index (χ1) is 13.1. The molecular weight excluding hydrogens is 368 g/mol. The lowest BCUT2D eigenvalue weighted by Crippen LogP contribution is -2.51. The van der Waals surface area contributed by atoms with Crippen LogP contribution in [0.1, 0.15) is 6.92 Å². The maximum Gasteiger partial charge on any atom is 0.409 e. The molecule has 10 heteroatoms. The molecule has 0 aromatic carbocycles. The van der Waals surface area contributed by atoms with Gasteiger partial charge in [-0.05, 0) is 19.1 Å². The number of hydrogen-bond acceptors (Lipinski definition) is 7. The summed E-state index contributed by atoms with van der Waals surface area (Å²) >= 11 is 1.36. The number of thioether (sulfide) groups is 1. The number of ether oxygens (including phenoxy) is 1. The fraction of sp³-hybridized carbons (Fsp3) is 0.471. The molecule has 0 spiro atoms. The van der Waals surface area contributed by atoms with Gasteiger partial charge >= 0.3 is 6.09 Å². The number of rotatable bonds is 5. The van der Waals surface area contributed by atoms with Gasteiger partial charge in [0.05, 0.1) is 12.4 Å². The van der Waals surface area contributed by atoms with Crippen molar-refractivity contribution < 1.29 is 14.3 Å². The van der Waals surface area contributed by atoms with Crippen molar-refractivity contribution in [2.75, 3.05) is 38.5 Å². The Balaban J connectivity index is 1.52. The molecule has 0 atom stereocenters. The van der Waals surface area contributed by atoms with Crippen molar-refractivity contribution in [2.24, 2.45) is 7.05 Å². The third-order valence-corrected chi connectivity index (χ3v) is 5.26. The number of carbonyl (C=O) groups is 2. The molecule has 144 valence electrons. The Labute approximate surface area is 161 Å². The van der Waals surface area contributed by atoms with Gasteiger partial charge in [-0.1, -0.05) is 11.8 Å². The second kappa shape index (κ2) is 8.85. The highest BCUT2D eigenvalue weighted by atomic mass is 32.2. The number of hydrogen-bond donors (Lipinski definition) is 0. The first-order valence-corrected chi connectivity index (χ1v) is 9.70. The Kier molecular flexibility index (Phi) is 6.28. The van der Waals surface area contributed by atoms with Crippen molar-refractivity contribution in [2.45, 2.75) is 12.1 Å². The molecule has 9 nitrogen and oxygen atoms in total. The van der Waals surface area contributed by atoms with E-state index in [1.54, 1.807) is 29.1 Å². The summed E-state index contributed by atoms with van der Waals surface area (Å²) in [5.41, 5.74) is 0.924. The van der Waals surface area contributed by atoms with Gasteiger partial charge in [-0.15, -0.1) is 10.2 Å². The second-order valence-electron chi connectivity index (χ2n) is 5.96. The Morgan fingerprint density at radius 3 is 2.44 bits per heavy atom. The van der Waals surface area contributed by atoms with Crippen molar-refractivity contribution in [1.82, 2.24) is 29.5 Å². The van der Waals surface area contributed by atoms with E-state index in [-0.39, 0.29) is 17.8 Å². The maximum absolute atomic E-state index is 12.5. The summed E-state index contributed by atoms with van der Waals surface area (Å²) in [5.74, 6) is 1.04. The lowest BCUT2D eigenvalue weighted by molar-refractivity contribution is -0.129. The van der Waals surface area contributed by atoms with Crippen LogP contribution in [0.2, 0.25) is 0 Å². The smallest absolute Gasteiger partial charge is 0.409 e. The zero-order valence-electron chi connectivity index (χ0n) is 15.4. The fourth-order valence-electron chi connectivity index (χ4n) is 2.76. The summed E-state index contributed by atoms with van der Waals surface area (Å²) in [6.45, 7) is 4.14. The zero-order valence-corrected chi connectivity index (χ0v) is 16.2. The van der Waals surface area contributed by atoms with Gasteiger partial charge in [-0.3, -0.25) is 9.78 Å². The van der Waals surface area contributed by atoms with E-state index in [1.165, 1.54) is 11.8 Å². The first-order valence-electron chi connectivity index (χ1n) is 8.72. The largest absolute Gasteiger partial charge is 0.450 e. The quantitative estimate of drug-likeness (QED) is 0.710. The van der Waals surface area contributed by atoms with Crippen LogP contribution in [0.4, 0.5) is 4.79 Å². The van der Waals surface area contributed by atoms with E-state index in [9.17, 15) is 9.59 Å². The monoisotopic (exact) mass is 390 g/mol. The molecule has 1 aliphatic heterocycles. The van der Waals surface area contributed by atoms with Gasteiger partial charge in [0.2, 0.25) is 5.91 Å². The maximum atomic E-state index is 12.5. The van der Waals surface area contributed by atoms with Crippen LogP contribution in [-0.4, -0.2) is 80.1 Å². The summed E-state index contributed by atoms with van der Waals surface area (Å²) in [4.78, 5) is 31.6. The molecule has 2 aromatic heterocycles. The molecule has 0 unspecified atom stereocenters. The Morgan fingerprint density at radius 1 is 1.11 bits per heavy atom.